The first-order valence-electron chi connectivity index (χ1n) is 5.48. The number of nitro groups is 1. The molecule has 0 aliphatic heterocycles. The SMILES string of the molecule is CC(C)OC(C)c1cc(C(=O)[O-])ccc1[N+](=O)[O-]. The smallest absolute Gasteiger partial charge is 0.275 e. The summed E-state index contributed by atoms with van der Waals surface area (Å²) in [5, 5.41) is 21.6. The maximum Gasteiger partial charge on any atom is 0.275 e. The fourth-order valence-corrected chi connectivity index (χ4v) is 1.65. The van der Waals surface area contributed by atoms with Crippen LogP contribution >= 0.6 is 0 Å². The second kappa shape index (κ2) is 5.59. The summed E-state index contributed by atoms with van der Waals surface area (Å²) in [6.45, 7) is 5.23. The van der Waals surface area contributed by atoms with E-state index in [1.54, 1.807) is 20.8 Å². The average molecular weight is 252 g/mol. The third-order valence-electron chi connectivity index (χ3n) is 2.37. The molecule has 0 heterocycles. The Hall–Kier alpha value is -1.95. The highest BCUT2D eigenvalue weighted by molar-refractivity contribution is 5.86. The van der Waals surface area contributed by atoms with Crippen LogP contribution in [0.4, 0.5) is 5.69 Å². The predicted molar refractivity (Wildman–Crippen MR) is 62.1 cm³/mol. The summed E-state index contributed by atoms with van der Waals surface area (Å²) in [7, 11) is 0. The van der Waals surface area contributed by atoms with E-state index in [0.29, 0.717) is 0 Å². The summed E-state index contributed by atoms with van der Waals surface area (Å²) in [5.74, 6) is -1.37. The molecule has 0 bridgehead atoms. The summed E-state index contributed by atoms with van der Waals surface area (Å²) in [6.07, 6.45) is -0.684. The maximum atomic E-state index is 10.9. The van der Waals surface area contributed by atoms with E-state index >= 15 is 0 Å². The molecule has 18 heavy (non-hydrogen) atoms. The molecular formula is C12H14NO5-. The molecule has 0 aliphatic rings. The van der Waals surface area contributed by atoms with Crippen LogP contribution in [0.5, 0.6) is 0 Å². The van der Waals surface area contributed by atoms with Crippen molar-refractivity contribution in [2.75, 3.05) is 0 Å². The van der Waals surface area contributed by atoms with E-state index in [1.165, 1.54) is 6.07 Å². The molecule has 0 aliphatic carbocycles. The molecule has 1 aromatic rings. The van der Waals surface area contributed by atoms with Gasteiger partial charge in [0.2, 0.25) is 0 Å². The molecule has 1 unspecified atom stereocenters. The maximum absolute atomic E-state index is 10.9. The van der Waals surface area contributed by atoms with Crippen LogP contribution in [0.2, 0.25) is 0 Å². The molecule has 1 aromatic carbocycles. The van der Waals surface area contributed by atoms with Crippen molar-refractivity contribution in [1.82, 2.24) is 0 Å². The number of nitro benzene ring substituents is 1. The monoisotopic (exact) mass is 252 g/mol. The van der Waals surface area contributed by atoms with Crippen LogP contribution in [-0.4, -0.2) is 17.0 Å². The van der Waals surface area contributed by atoms with E-state index in [4.69, 9.17) is 4.74 Å². The fraction of sp³-hybridized carbons (Fsp3) is 0.417. The minimum atomic E-state index is -1.37. The zero-order chi connectivity index (χ0) is 13.9. The van der Waals surface area contributed by atoms with Crippen LogP contribution in [0.25, 0.3) is 0 Å². The quantitative estimate of drug-likeness (QED) is 0.584. The van der Waals surface area contributed by atoms with E-state index < -0.39 is 17.0 Å². The summed E-state index contributed by atoms with van der Waals surface area (Å²) in [5.41, 5.74) is -0.0293. The Morgan fingerprint density at radius 3 is 2.39 bits per heavy atom. The van der Waals surface area contributed by atoms with Crippen LogP contribution in [0.1, 0.15) is 42.8 Å². The Morgan fingerprint density at radius 2 is 1.94 bits per heavy atom. The van der Waals surface area contributed by atoms with Crippen molar-refractivity contribution in [3.8, 4) is 0 Å². The highest BCUT2D eigenvalue weighted by Crippen LogP contribution is 2.29. The van der Waals surface area contributed by atoms with Gasteiger partial charge in [0.15, 0.2) is 0 Å². The number of rotatable bonds is 5. The van der Waals surface area contributed by atoms with Crippen molar-refractivity contribution >= 4 is 11.7 Å². The van der Waals surface area contributed by atoms with Gasteiger partial charge in [-0.25, -0.2) is 0 Å². The molecule has 0 saturated heterocycles. The molecular weight excluding hydrogens is 238 g/mol. The first-order valence-corrected chi connectivity index (χ1v) is 5.48. The van der Waals surface area contributed by atoms with Crippen molar-refractivity contribution in [3.05, 3.63) is 39.4 Å². The van der Waals surface area contributed by atoms with Crippen molar-refractivity contribution in [1.29, 1.82) is 0 Å². The van der Waals surface area contributed by atoms with E-state index in [1.807, 2.05) is 0 Å². The van der Waals surface area contributed by atoms with E-state index in [-0.39, 0.29) is 22.9 Å². The van der Waals surface area contributed by atoms with Gasteiger partial charge in [-0.3, -0.25) is 10.1 Å². The molecule has 0 fully saturated rings. The molecule has 6 nitrogen and oxygen atoms in total. The van der Waals surface area contributed by atoms with Gasteiger partial charge in [0.05, 0.1) is 28.7 Å². The number of carboxylic acid groups (broad SMARTS) is 1. The van der Waals surface area contributed by atoms with Crippen LogP contribution in [0, 0.1) is 10.1 Å². The second-order valence-electron chi connectivity index (χ2n) is 4.15. The van der Waals surface area contributed by atoms with Gasteiger partial charge in [0, 0.05) is 6.07 Å². The van der Waals surface area contributed by atoms with Crippen LogP contribution in [-0.2, 0) is 4.74 Å². The van der Waals surface area contributed by atoms with Gasteiger partial charge in [-0.15, -0.1) is 0 Å². The van der Waals surface area contributed by atoms with Crippen LogP contribution in [0.3, 0.4) is 0 Å². The number of ether oxygens (including phenoxy) is 1. The normalized spacial score (nSPS) is 12.4. The molecule has 98 valence electrons. The number of aromatic carboxylic acids is 1. The second-order valence-corrected chi connectivity index (χ2v) is 4.15. The van der Waals surface area contributed by atoms with Gasteiger partial charge in [-0.2, -0.15) is 0 Å². The Kier molecular flexibility index (Phi) is 4.38. The summed E-state index contributed by atoms with van der Waals surface area (Å²) in [4.78, 5) is 21.1. The molecule has 0 amide bonds. The lowest BCUT2D eigenvalue weighted by molar-refractivity contribution is -0.386. The molecule has 6 heteroatoms. The Bertz CT molecular complexity index is 470. The largest absolute Gasteiger partial charge is 0.545 e. The molecule has 0 aromatic heterocycles. The zero-order valence-electron chi connectivity index (χ0n) is 10.4. The summed E-state index contributed by atoms with van der Waals surface area (Å²) >= 11 is 0. The number of carbonyl (C=O) groups is 1. The number of hydrogen-bond donors (Lipinski definition) is 0. The number of carboxylic acids is 1. The lowest BCUT2D eigenvalue weighted by Gasteiger charge is -2.17. The molecule has 0 saturated carbocycles. The third-order valence-corrected chi connectivity index (χ3v) is 2.37. The first kappa shape index (κ1) is 14.1. The number of carbonyl (C=O) groups excluding carboxylic acids is 1. The van der Waals surface area contributed by atoms with Crippen molar-refractivity contribution < 1.29 is 19.6 Å². The van der Waals surface area contributed by atoms with Gasteiger partial charge in [-0.1, -0.05) is 0 Å². The van der Waals surface area contributed by atoms with Gasteiger partial charge in [0.25, 0.3) is 5.69 Å². The number of hydrogen-bond acceptors (Lipinski definition) is 5. The van der Waals surface area contributed by atoms with Crippen LogP contribution < -0.4 is 5.11 Å². The third kappa shape index (κ3) is 3.27. The minimum absolute atomic E-state index is 0.102. The molecule has 1 rings (SSSR count). The molecule has 0 spiro atoms. The molecule has 1 atom stereocenters. The van der Waals surface area contributed by atoms with Gasteiger partial charge in [0.1, 0.15) is 0 Å². The van der Waals surface area contributed by atoms with Gasteiger partial charge < -0.3 is 14.6 Å². The standard InChI is InChI=1S/C12H15NO5/c1-7(2)18-8(3)10-6-9(12(14)15)4-5-11(10)13(16)17/h4-8H,1-3H3,(H,14,15)/p-1. The Morgan fingerprint density at radius 1 is 1.33 bits per heavy atom. The highest BCUT2D eigenvalue weighted by atomic mass is 16.6. The van der Waals surface area contributed by atoms with Crippen molar-refractivity contribution in [2.45, 2.75) is 33.0 Å². The number of nitrogens with zero attached hydrogens (tertiary/aromatic N) is 1. The minimum Gasteiger partial charge on any atom is -0.545 e. The van der Waals surface area contributed by atoms with E-state index in [9.17, 15) is 20.0 Å². The number of benzene rings is 1. The van der Waals surface area contributed by atoms with E-state index in [0.717, 1.165) is 12.1 Å². The van der Waals surface area contributed by atoms with Gasteiger partial charge in [-0.05, 0) is 38.5 Å². The zero-order valence-corrected chi connectivity index (χ0v) is 10.4. The molecule has 0 N–H and O–H groups in total. The van der Waals surface area contributed by atoms with Gasteiger partial charge >= 0.3 is 0 Å². The predicted octanol–water partition coefficient (Wildman–Crippen LogP) is 1.44. The fourth-order valence-electron chi connectivity index (χ4n) is 1.65. The average Bonchev–Trinajstić information content (AvgIpc) is 2.26. The topological polar surface area (TPSA) is 92.5 Å². The Labute approximate surface area is 104 Å². The lowest BCUT2D eigenvalue weighted by atomic mass is 10.0. The van der Waals surface area contributed by atoms with Crippen molar-refractivity contribution in [2.24, 2.45) is 0 Å². The van der Waals surface area contributed by atoms with E-state index in [2.05, 4.69) is 0 Å². The first-order chi connectivity index (χ1) is 8.32. The summed E-state index contributed by atoms with van der Waals surface area (Å²) < 4.78 is 5.44. The highest BCUT2D eigenvalue weighted by Gasteiger charge is 2.20. The molecule has 0 radical (unpaired) electrons. The summed E-state index contributed by atoms with van der Waals surface area (Å²) in [6, 6.07) is 3.53. The van der Waals surface area contributed by atoms with Crippen molar-refractivity contribution in [3.63, 3.8) is 0 Å². The Balaban J connectivity index is 3.22. The lowest BCUT2D eigenvalue weighted by Crippen LogP contribution is -2.22. The van der Waals surface area contributed by atoms with Crippen LogP contribution in [0.15, 0.2) is 18.2 Å².